The van der Waals surface area contributed by atoms with E-state index < -0.39 is 0 Å². The number of aryl methyl sites for hydroxylation is 1. The quantitative estimate of drug-likeness (QED) is 0.288. The summed E-state index contributed by atoms with van der Waals surface area (Å²) in [6, 6.07) is 15.3. The number of carbonyl (C=O) groups excluding carboxylic acids is 1. The fourth-order valence-electron chi connectivity index (χ4n) is 6.13. The van der Waals surface area contributed by atoms with Crippen molar-refractivity contribution in [2.75, 3.05) is 19.7 Å². The number of carbonyl (C=O) groups is 1. The topological polar surface area (TPSA) is 29.5 Å². The summed E-state index contributed by atoms with van der Waals surface area (Å²) in [5.41, 5.74) is 5.13. The molecule has 2 aromatic rings. The van der Waals surface area contributed by atoms with Crippen LogP contribution in [-0.4, -0.2) is 36.4 Å². The normalized spacial score (nSPS) is 20.7. The molecule has 1 fully saturated rings. The van der Waals surface area contributed by atoms with Gasteiger partial charge in [-0.1, -0.05) is 69.3 Å². The highest BCUT2D eigenvalue weighted by Gasteiger charge is 2.37. The number of halogens is 1. The predicted molar refractivity (Wildman–Crippen MR) is 154 cm³/mol. The largest absolute Gasteiger partial charge is 0.493 e. The van der Waals surface area contributed by atoms with Gasteiger partial charge >= 0.3 is 0 Å². The van der Waals surface area contributed by atoms with Crippen molar-refractivity contribution in [2.24, 2.45) is 5.41 Å². The van der Waals surface area contributed by atoms with Gasteiger partial charge in [-0.2, -0.15) is 0 Å². The second-order valence-corrected chi connectivity index (χ2v) is 10.4. The number of ether oxygens (including phenoxy) is 1. The third kappa shape index (κ3) is 6.61. The molecule has 0 radical (unpaired) electrons. The minimum absolute atomic E-state index is 0. The Balaban J connectivity index is 0.00000361. The molecule has 0 amide bonds. The van der Waals surface area contributed by atoms with E-state index in [0.717, 1.165) is 56.7 Å². The second-order valence-electron chi connectivity index (χ2n) is 10.4. The zero-order valence-corrected chi connectivity index (χ0v) is 23.2. The first-order valence-electron chi connectivity index (χ1n) is 13.9. The molecule has 2 aliphatic carbocycles. The second kappa shape index (κ2) is 13.4. The first-order valence-corrected chi connectivity index (χ1v) is 13.9. The average Bonchev–Trinajstić information content (AvgIpc) is 2.90. The number of benzene rings is 2. The molecule has 2 aromatic carbocycles. The van der Waals surface area contributed by atoms with Crippen LogP contribution in [0.3, 0.4) is 0 Å². The summed E-state index contributed by atoms with van der Waals surface area (Å²) in [6.45, 7) is 9.41. The van der Waals surface area contributed by atoms with E-state index in [1.165, 1.54) is 42.4 Å². The predicted octanol–water partition coefficient (Wildman–Crippen LogP) is 7.94. The van der Waals surface area contributed by atoms with Crippen LogP contribution in [0.2, 0.25) is 0 Å². The zero-order valence-electron chi connectivity index (χ0n) is 22.4. The number of hydrogen-bond acceptors (Lipinski definition) is 3. The molecule has 0 unspecified atom stereocenters. The molecule has 4 heteroatoms. The Morgan fingerprint density at radius 3 is 2.56 bits per heavy atom. The standard InChI is InChI=1S/C32H43NO2.ClH/c1-4-23-35-31-15-9-12-26-24-32(21-18-29(26)31)19-16-27(17-20-32)33(6-3)22-10-14-30(34)28-13-8-7-11-25(28)5-2;/h7-9,11-13,15,18,21,27H,4-6,10,14,16-17,19-20,22-24H2,1-3H3;1H. The van der Waals surface area contributed by atoms with Crippen LogP contribution in [0.1, 0.15) is 92.8 Å². The number of nitrogens with zero attached hydrogens (tertiary/aromatic N) is 1. The maximum absolute atomic E-state index is 12.8. The van der Waals surface area contributed by atoms with Crippen LogP contribution in [0, 0.1) is 5.41 Å². The Kier molecular flexibility index (Phi) is 10.6. The molecule has 0 bridgehead atoms. The zero-order chi connectivity index (χ0) is 24.7. The van der Waals surface area contributed by atoms with Gasteiger partial charge in [0.05, 0.1) is 6.61 Å². The molecule has 3 nitrogen and oxygen atoms in total. The van der Waals surface area contributed by atoms with E-state index in [4.69, 9.17) is 4.74 Å². The van der Waals surface area contributed by atoms with Crippen molar-refractivity contribution in [3.63, 3.8) is 0 Å². The minimum atomic E-state index is 0. The molecule has 1 saturated carbocycles. The van der Waals surface area contributed by atoms with E-state index in [1.54, 1.807) is 0 Å². The van der Waals surface area contributed by atoms with Crippen LogP contribution in [-0.2, 0) is 12.8 Å². The molecule has 0 heterocycles. The van der Waals surface area contributed by atoms with E-state index in [0.29, 0.717) is 23.7 Å². The SMILES string of the molecule is CCCOc1cccc2c1C=CC1(CCC(N(CC)CCCC(=O)c3ccccc3CC)CC1)C2.Cl. The highest BCUT2D eigenvalue weighted by molar-refractivity contribution is 5.97. The van der Waals surface area contributed by atoms with E-state index in [2.05, 4.69) is 62.1 Å². The molecule has 196 valence electrons. The van der Waals surface area contributed by atoms with Crippen molar-refractivity contribution in [2.45, 2.75) is 84.6 Å². The molecule has 1 spiro atoms. The summed E-state index contributed by atoms with van der Waals surface area (Å²) in [5.74, 6) is 1.34. The first-order chi connectivity index (χ1) is 17.1. The fourth-order valence-corrected chi connectivity index (χ4v) is 6.13. The monoisotopic (exact) mass is 509 g/mol. The Labute approximate surface area is 224 Å². The fraction of sp³-hybridized carbons (Fsp3) is 0.531. The number of hydrogen-bond donors (Lipinski definition) is 0. The van der Waals surface area contributed by atoms with E-state index in [-0.39, 0.29) is 12.4 Å². The lowest BCUT2D eigenvalue weighted by molar-refractivity contribution is 0.0945. The molecule has 0 aliphatic heterocycles. The van der Waals surface area contributed by atoms with Gasteiger partial charge in [-0.3, -0.25) is 4.79 Å². The van der Waals surface area contributed by atoms with Crippen LogP contribution in [0.5, 0.6) is 5.75 Å². The van der Waals surface area contributed by atoms with Crippen molar-refractivity contribution < 1.29 is 9.53 Å². The summed E-state index contributed by atoms with van der Waals surface area (Å²) in [6.07, 6.45) is 14.5. The van der Waals surface area contributed by atoms with Crippen molar-refractivity contribution in [1.82, 2.24) is 4.90 Å². The number of fused-ring (bicyclic) bond motifs is 1. The average molecular weight is 510 g/mol. The third-order valence-corrected chi connectivity index (χ3v) is 8.19. The Morgan fingerprint density at radius 1 is 1.06 bits per heavy atom. The van der Waals surface area contributed by atoms with Gasteiger partial charge in [-0.25, -0.2) is 0 Å². The van der Waals surface area contributed by atoms with Crippen LogP contribution < -0.4 is 4.74 Å². The third-order valence-electron chi connectivity index (χ3n) is 8.19. The smallest absolute Gasteiger partial charge is 0.163 e. The van der Waals surface area contributed by atoms with Crippen LogP contribution in [0.25, 0.3) is 6.08 Å². The van der Waals surface area contributed by atoms with Crippen molar-refractivity contribution in [3.8, 4) is 5.75 Å². The van der Waals surface area contributed by atoms with Gasteiger partial charge in [0.15, 0.2) is 5.78 Å². The highest BCUT2D eigenvalue weighted by atomic mass is 35.5. The summed E-state index contributed by atoms with van der Waals surface area (Å²) >= 11 is 0. The van der Waals surface area contributed by atoms with Gasteiger partial charge in [-0.05, 0) is 87.1 Å². The molecule has 0 aromatic heterocycles. The number of ketones is 1. The van der Waals surface area contributed by atoms with Crippen LogP contribution in [0.4, 0.5) is 0 Å². The van der Waals surface area contributed by atoms with Crippen LogP contribution >= 0.6 is 12.4 Å². The number of allylic oxidation sites excluding steroid dienone is 1. The van der Waals surface area contributed by atoms with Gasteiger partial charge in [0.25, 0.3) is 0 Å². The van der Waals surface area contributed by atoms with E-state index >= 15 is 0 Å². The lowest BCUT2D eigenvalue weighted by atomic mass is 9.66. The molecular weight excluding hydrogens is 466 g/mol. The Hall–Kier alpha value is -2.10. The molecule has 4 rings (SSSR count). The summed E-state index contributed by atoms with van der Waals surface area (Å²) in [4.78, 5) is 15.4. The van der Waals surface area contributed by atoms with Gasteiger partial charge in [0.2, 0.25) is 0 Å². The van der Waals surface area contributed by atoms with Crippen molar-refractivity contribution in [1.29, 1.82) is 0 Å². The molecule has 0 N–H and O–H groups in total. The van der Waals surface area contributed by atoms with Gasteiger partial charge in [0.1, 0.15) is 5.75 Å². The molecular formula is C32H44ClNO2. The lowest BCUT2D eigenvalue weighted by Gasteiger charge is -2.43. The lowest BCUT2D eigenvalue weighted by Crippen LogP contribution is -2.42. The van der Waals surface area contributed by atoms with Gasteiger partial charge in [0, 0.05) is 23.6 Å². The minimum Gasteiger partial charge on any atom is -0.493 e. The Bertz CT molecular complexity index is 1020. The summed E-state index contributed by atoms with van der Waals surface area (Å²) < 4.78 is 6.01. The van der Waals surface area contributed by atoms with Gasteiger partial charge < -0.3 is 9.64 Å². The maximum atomic E-state index is 12.8. The van der Waals surface area contributed by atoms with Crippen molar-refractivity contribution in [3.05, 3.63) is 70.8 Å². The summed E-state index contributed by atoms with van der Waals surface area (Å²) in [7, 11) is 0. The Morgan fingerprint density at radius 2 is 1.83 bits per heavy atom. The molecule has 0 atom stereocenters. The highest BCUT2D eigenvalue weighted by Crippen LogP contribution is 2.46. The van der Waals surface area contributed by atoms with Crippen molar-refractivity contribution >= 4 is 24.3 Å². The molecule has 2 aliphatic rings. The van der Waals surface area contributed by atoms with E-state index in [1.807, 2.05) is 18.2 Å². The summed E-state index contributed by atoms with van der Waals surface area (Å²) in [5, 5.41) is 0. The maximum Gasteiger partial charge on any atom is 0.163 e. The van der Waals surface area contributed by atoms with Crippen LogP contribution in [0.15, 0.2) is 48.5 Å². The number of Topliss-reactive ketones (excluding diaryl/α,β-unsaturated/α-hetero) is 1. The number of rotatable bonds is 11. The van der Waals surface area contributed by atoms with E-state index in [9.17, 15) is 4.79 Å². The first kappa shape index (κ1) is 28.5. The molecule has 36 heavy (non-hydrogen) atoms. The van der Waals surface area contributed by atoms with Gasteiger partial charge in [-0.15, -0.1) is 12.4 Å². The molecule has 0 saturated heterocycles.